The Hall–Kier alpha value is -1.43. The van der Waals surface area contributed by atoms with Gasteiger partial charge in [0.15, 0.2) is 5.82 Å². The summed E-state index contributed by atoms with van der Waals surface area (Å²) in [7, 11) is 3.45. The van der Waals surface area contributed by atoms with E-state index >= 15 is 0 Å². The van der Waals surface area contributed by atoms with Crippen molar-refractivity contribution in [2.24, 2.45) is 0 Å². The number of aryl methyl sites for hydroxylation is 1. The topological polar surface area (TPSA) is 68.5 Å². The Balaban J connectivity index is 1.94. The minimum absolute atomic E-state index is 0.245. The van der Waals surface area contributed by atoms with Gasteiger partial charge in [0.25, 0.3) is 0 Å². The van der Waals surface area contributed by atoms with Crippen LogP contribution in [-0.2, 0) is 16.0 Å². The van der Waals surface area contributed by atoms with Crippen LogP contribution in [0.2, 0.25) is 0 Å². The van der Waals surface area contributed by atoms with Gasteiger partial charge < -0.3 is 9.26 Å². The molecule has 1 unspecified atom stereocenters. The van der Waals surface area contributed by atoms with Gasteiger partial charge in [0.2, 0.25) is 5.89 Å². The largest absolute Gasteiger partial charge is 0.469 e. The lowest BCUT2D eigenvalue weighted by Crippen LogP contribution is -2.30. The first-order chi connectivity index (χ1) is 8.70. The molecule has 2 heterocycles. The first-order valence-electron chi connectivity index (χ1n) is 6.30. The fraction of sp³-hybridized carbons (Fsp3) is 0.750. The summed E-state index contributed by atoms with van der Waals surface area (Å²) in [5.74, 6) is 0.982. The fourth-order valence-corrected chi connectivity index (χ4v) is 2.22. The first kappa shape index (κ1) is 13.0. The van der Waals surface area contributed by atoms with Crippen LogP contribution in [0.1, 0.15) is 43.4 Å². The van der Waals surface area contributed by atoms with Crippen LogP contribution in [0.3, 0.4) is 0 Å². The standard InChI is InChI=1S/C12H19N3O3/c1-15-8-4-3-5-9(15)12-13-10(18-14-12)6-7-11(16)17-2/h9H,3-8H2,1-2H3. The third kappa shape index (κ3) is 3.07. The predicted octanol–water partition coefficient (Wildman–Crippen LogP) is 1.33. The minimum atomic E-state index is -0.260. The van der Waals surface area contributed by atoms with E-state index in [1.807, 2.05) is 0 Å². The molecule has 0 N–H and O–H groups in total. The summed E-state index contributed by atoms with van der Waals surface area (Å²) < 4.78 is 9.74. The minimum Gasteiger partial charge on any atom is -0.469 e. The van der Waals surface area contributed by atoms with E-state index in [1.54, 1.807) is 0 Å². The highest BCUT2D eigenvalue weighted by molar-refractivity contribution is 5.69. The molecule has 0 spiro atoms. The Labute approximate surface area is 106 Å². The van der Waals surface area contributed by atoms with Crippen LogP contribution in [0.5, 0.6) is 0 Å². The molecule has 1 aliphatic heterocycles. The maximum absolute atomic E-state index is 11.0. The van der Waals surface area contributed by atoms with Crippen molar-refractivity contribution in [1.82, 2.24) is 15.0 Å². The number of carbonyl (C=O) groups is 1. The zero-order valence-electron chi connectivity index (χ0n) is 10.9. The molecule has 1 aromatic heterocycles. The second-order valence-electron chi connectivity index (χ2n) is 4.61. The number of carbonyl (C=O) groups excluding carboxylic acids is 1. The monoisotopic (exact) mass is 253 g/mol. The number of piperidine rings is 1. The van der Waals surface area contributed by atoms with Crippen molar-refractivity contribution in [3.63, 3.8) is 0 Å². The summed E-state index contributed by atoms with van der Waals surface area (Å²) in [5.41, 5.74) is 0. The summed E-state index contributed by atoms with van der Waals surface area (Å²) in [5, 5.41) is 4.01. The molecule has 6 heteroatoms. The molecule has 0 radical (unpaired) electrons. The number of nitrogens with zero attached hydrogens (tertiary/aromatic N) is 3. The predicted molar refractivity (Wildman–Crippen MR) is 63.9 cm³/mol. The SMILES string of the molecule is COC(=O)CCc1nc(C2CCCCN2C)no1. The summed E-state index contributed by atoms with van der Waals surface area (Å²) in [6, 6.07) is 0.245. The summed E-state index contributed by atoms with van der Waals surface area (Å²) in [6.45, 7) is 1.07. The van der Waals surface area contributed by atoms with E-state index in [4.69, 9.17) is 4.52 Å². The molecule has 1 aliphatic rings. The maximum atomic E-state index is 11.0. The Morgan fingerprint density at radius 3 is 3.11 bits per heavy atom. The Bertz CT molecular complexity index is 405. The number of rotatable bonds is 4. The van der Waals surface area contributed by atoms with E-state index in [2.05, 4.69) is 26.8 Å². The van der Waals surface area contributed by atoms with Crippen molar-refractivity contribution >= 4 is 5.97 Å². The van der Waals surface area contributed by atoms with Gasteiger partial charge in [0, 0.05) is 6.42 Å². The molecule has 100 valence electrons. The lowest BCUT2D eigenvalue weighted by Gasteiger charge is -2.29. The van der Waals surface area contributed by atoms with Crippen LogP contribution in [0.15, 0.2) is 4.52 Å². The summed E-state index contributed by atoms with van der Waals surface area (Å²) in [4.78, 5) is 17.6. The number of hydrogen-bond donors (Lipinski definition) is 0. The number of likely N-dealkylation sites (tertiary alicyclic amines) is 1. The number of esters is 1. The van der Waals surface area contributed by atoms with E-state index in [-0.39, 0.29) is 18.4 Å². The first-order valence-corrected chi connectivity index (χ1v) is 6.30. The summed E-state index contributed by atoms with van der Waals surface area (Å²) in [6.07, 6.45) is 4.20. The lowest BCUT2D eigenvalue weighted by atomic mass is 10.0. The van der Waals surface area contributed by atoms with Gasteiger partial charge in [-0.25, -0.2) is 0 Å². The average Bonchev–Trinajstić information content (AvgIpc) is 2.85. The Morgan fingerprint density at radius 2 is 2.39 bits per heavy atom. The van der Waals surface area contributed by atoms with Crippen molar-refractivity contribution in [3.8, 4) is 0 Å². The van der Waals surface area contributed by atoms with Crippen LogP contribution < -0.4 is 0 Å². The van der Waals surface area contributed by atoms with Gasteiger partial charge in [-0.2, -0.15) is 4.98 Å². The van der Waals surface area contributed by atoms with Gasteiger partial charge in [-0.05, 0) is 26.4 Å². The molecule has 18 heavy (non-hydrogen) atoms. The molecule has 1 aromatic rings. The highest BCUT2D eigenvalue weighted by atomic mass is 16.5. The molecule has 0 saturated carbocycles. The molecular formula is C12H19N3O3. The molecule has 0 amide bonds. The number of hydrogen-bond acceptors (Lipinski definition) is 6. The Morgan fingerprint density at radius 1 is 1.56 bits per heavy atom. The zero-order valence-corrected chi connectivity index (χ0v) is 10.9. The van der Waals surface area contributed by atoms with Crippen molar-refractivity contribution in [3.05, 3.63) is 11.7 Å². The van der Waals surface area contributed by atoms with Gasteiger partial charge in [-0.3, -0.25) is 9.69 Å². The fourth-order valence-electron chi connectivity index (χ4n) is 2.22. The molecule has 6 nitrogen and oxygen atoms in total. The number of methoxy groups -OCH3 is 1. The van der Waals surface area contributed by atoms with Gasteiger partial charge >= 0.3 is 5.97 Å². The van der Waals surface area contributed by atoms with Crippen LogP contribution >= 0.6 is 0 Å². The molecule has 0 bridgehead atoms. The van der Waals surface area contributed by atoms with Crippen molar-refractivity contribution < 1.29 is 14.1 Å². The van der Waals surface area contributed by atoms with Crippen molar-refractivity contribution in [1.29, 1.82) is 0 Å². The maximum Gasteiger partial charge on any atom is 0.306 e. The van der Waals surface area contributed by atoms with Crippen LogP contribution in [0.4, 0.5) is 0 Å². The normalized spacial score (nSPS) is 20.9. The van der Waals surface area contributed by atoms with Gasteiger partial charge in [0.1, 0.15) is 0 Å². The third-order valence-corrected chi connectivity index (χ3v) is 3.32. The molecule has 1 saturated heterocycles. The van der Waals surface area contributed by atoms with E-state index < -0.39 is 0 Å². The molecule has 0 aromatic carbocycles. The van der Waals surface area contributed by atoms with E-state index in [0.717, 1.165) is 18.8 Å². The smallest absolute Gasteiger partial charge is 0.306 e. The second kappa shape index (κ2) is 5.95. The van der Waals surface area contributed by atoms with E-state index in [0.29, 0.717) is 12.3 Å². The Kier molecular flexibility index (Phi) is 4.30. The number of aromatic nitrogens is 2. The summed E-state index contributed by atoms with van der Waals surface area (Å²) >= 11 is 0. The molecule has 0 aliphatic carbocycles. The third-order valence-electron chi connectivity index (χ3n) is 3.32. The molecule has 2 rings (SSSR count). The molecular weight excluding hydrogens is 234 g/mol. The van der Waals surface area contributed by atoms with Crippen LogP contribution in [0, 0.1) is 0 Å². The molecule has 1 atom stereocenters. The quantitative estimate of drug-likeness (QED) is 0.754. The highest BCUT2D eigenvalue weighted by Gasteiger charge is 2.25. The van der Waals surface area contributed by atoms with Crippen LogP contribution in [-0.4, -0.2) is 41.7 Å². The average molecular weight is 253 g/mol. The van der Waals surface area contributed by atoms with E-state index in [9.17, 15) is 4.79 Å². The van der Waals surface area contributed by atoms with Gasteiger partial charge in [-0.15, -0.1) is 0 Å². The van der Waals surface area contributed by atoms with Crippen LogP contribution in [0.25, 0.3) is 0 Å². The van der Waals surface area contributed by atoms with Crippen molar-refractivity contribution in [2.45, 2.75) is 38.1 Å². The highest BCUT2D eigenvalue weighted by Crippen LogP contribution is 2.27. The van der Waals surface area contributed by atoms with E-state index in [1.165, 1.54) is 20.0 Å². The van der Waals surface area contributed by atoms with Crippen molar-refractivity contribution in [2.75, 3.05) is 20.7 Å². The number of ether oxygens (including phenoxy) is 1. The second-order valence-corrected chi connectivity index (χ2v) is 4.61. The molecule has 1 fully saturated rings. The lowest BCUT2D eigenvalue weighted by molar-refractivity contribution is -0.140. The van der Waals surface area contributed by atoms with Gasteiger partial charge in [0.05, 0.1) is 19.6 Å². The van der Waals surface area contributed by atoms with Gasteiger partial charge in [-0.1, -0.05) is 11.6 Å². The zero-order chi connectivity index (χ0) is 13.0.